The lowest BCUT2D eigenvalue weighted by Gasteiger charge is -2.11. The predicted octanol–water partition coefficient (Wildman–Crippen LogP) is 2.86. The first-order valence-electron chi connectivity index (χ1n) is 7.85. The molecular weight excluding hydrogens is 356 g/mol. The van der Waals surface area contributed by atoms with E-state index in [0.29, 0.717) is 11.3 Å². The Morgan fingerprint density at radius 1 is 1.27 bits per heavy atom. The molecule has 8 nitrogen and oxygen atoms in total. The lowest BCUT2D eigenvalue weighted by atomic mass is 10.1. The van der Waals surface area contributed by atoms with E-state index in [-0.39, 0.29) is 0 Å². The van der Waals surface area contributed by atoms with Crippen LogP contribution in [0.2, 0.25) is 0 Å². The van der Waals surface area contributed by atoms with Crippen molar-refractivity contribution in [1.82, 2.24) is 13.9 Å². The zero-order valence-corrected chi connectivity index (χ0v) is 15.3. The molecule has 0 saturated carbocycles. The van der Waals surface area contributed by atoms with Crippen LogP contribution in [0.5, 0.6) is 0 Å². The number of carbonyl (C=O) groups is 1. The lowest BCUT2D eigenvalue weighted by molar-refractivity contribution is 0.187. The van der Waals surface area contributed by atoms with Crippen LogP contribution in [0.1, 0.15) is 13.8 Å². The van der Waals surface area contributed by atoms with Crippen LogP contribution < -0.4 is 5.32 Å². The number of ether oxygens (including phenoxy) is 1. The summed E-state index contributed by atoms with van der Waals surface area (Å²) in [6, 6.07) is 5.16. The van der Waals surface area contributed by atoms with Gasteiger partial charge in [0.2, 0.25) is 10.0 Å². The van der Waals surface area contributed by atoms with E-state index in [4.69, 9.17) is 0 Å². The SMILES string of the molecule is COC(=O)Nc1cc(-c2cncc3c2ccn3S(=O)(=O)C(C)C)ccn1. The highest BCUT2D eigenvalue weighted by atomic mass is 32.2. The van der Waals surface area contributed by atoms with Crippen LogP contribution in [-0.2, 0) is 14.8 Å². The van der Waals surface area contributed by atoms with Gasteiger partial charge in [0.1, 0.15) is 5.82 Å². The Kier molecular flexibility index (Phi) is 4.64. The third-order valence-corrected chi connectivity index (χ3v) is 6.00. The van der Waals surface area contributed by atoms with Gasteiger partial charge < -0.3 is 4.74 Å². The summed E-state index contributed by atoms with van der Waals surface area (Å²) >= 11 is 0. The Bertz CT molecular complexity index is 1070. The fourth-order valence-electron chi connectivity index (χ4n) is 2.53. The van der Waals surface area contributed by atoms with Gasteiger partial charge in [-0.05, 0) is 37.6 Å². The Morgan fingerprint density at radius 2 is 2.04 bits per heavy atom. The number of anilines is 1. The molecule has 0 bridgehead atoms. The van der Waals surface area contributed by atoms with Crippen LogP contribution in [0.3, 0.4) is 0 Å². The molecule has 3 rings (SSSR count). The zero-order valence-electron chi connectivity index (χ0n) is 14.5. The maximum atomic E-state index is 12.5. The molecule has 0 atom stereocenters. The summed E-state index contributed by atoms with van der Waals surface area (Å²) in [6.07, 6.45) is 5.61. The van der Waals surface area contributed by atoms with Crippen molar-refractivity contribution in [3.63, 3.8) is 0 Å². The molecule has 0 fully saturated rings. The number of amides is 1. The quantitative estimate of drug-likeness (QED) is 0.753. The van der Waals surface area contributed by atoms with E-state index in [1.165, 1.54) is 23.5 Å². The van der Waals surface area contributed by atoms with Gasteiger partial charge >= 0.3 is 6.09 Å². The van der Waals surface area contributed by atoms with E-state index in [0.717, 1.165) is 16.5 Å². The van der Waals surface area contributed by atoms with E-state index in [1.807, 2.05) is 0 Å². The smallest absolute Gasteiger partial charge is 0.412 e. The fourth-order valence-corrected chi connectivity index (χ4v) is 3.64. The molecule has 3 aromatic rings. The van der Waals surface area contributed by atoms with E-state index in [1.54, 1.807) is 44.4 Å². The maximum absolute atomic E-state index is 12.5. The summed E-state index contributed by atoms with van der Waals surface area (Å²) < 4.78 is 30.9. The first-order valence-corrected chi connectivity index (χ1v) is 9.35. The van der Waals surface area contributed by atoms with E-state index >= 15 is 0 Å². The molecule has 136 valence electrons. The van der Waals surface area contributed by atoms with Gasteiger partial charge in [-0.1, -0.05) is 0 Å². The largest absolute Gasteiger partial charge is 0.453 e. The third-order valence-electron chi connectivity index (χ3n) is 3.94. The molecule has 3 heterocycles. The van der Waals surface area contributed by atoms with Gasteiger partial charge in [0.25, 0.3) is 0 Å². The average molecular weight is 374 g/mol. The van der Waals surface area contributed by atoms with Gasteiger partial charge in [-0.25, -0.2) is 22.2 Å². The number of carbonyl (C=O) groups excluding carboxylic acids is 1. The summed E-state index contributed by atoms with van der Waals surface area (Å²) in [5.74, 6) is 0.320. The summed E-state index contributed by atoms with van der Waals surface area (Å²) in [5, 5.41) is 2.68. The van der Waals surface area contributed by atoms with Crippen LogP contribution in [0.15, 0.2) is 43.0 Å². The maximum Gasteiger partial charge on any atom is 0.412 e. The van der Waals surface area contributed by atoms with Gasteiger partial charge in [-0.3, -0.25) is 10.3 Å². The Balaban J connectivity index is 2.12. The monoisotopic (exact) mass is 374 g/mol. The number of pyridine rings is 2. The molecular formula is C17H18N4O4S. The number of rotatable bonds is 4. The molecule has 9 heteroatoms. The number of hydrogen-bond acceptors (Lipinski definition) is 6. The average Bonchev–Trinajstić information content (AvgIpc) is 3.06. The number of hydrogen-bond donors (Lipinski definition) is 1. The minimum Gasteiger partial charge on any atom is -0.453 e. The number of aromatic nitrogens is 3. The highest BCUT2D eigenvalue weighted by Crippen LogP contribution is 2.30. The number of methoxy groups -OCH3 is 1. The minimum absolute atomic E-state index is 0.320. The van der Waals surface area contributed by atoms with Gasteiger partial charge in [-0.15, -0.1) is 0 Å². The van der Waals surface area contributed by atoms with Crippen LogP contribution in [-0.4, -0.2) is 40.8 Å². The van der Waals surface area contributed by atoms with Crippen molar-refractivity contribution in [3.8, 4) is 11.1 Å². The number of fused-ring (bicyclic) bond motifs is 1. The second-order valence-electron chi connectivity index (χ2n) is 5.87. The second kappa shape index (κ2) is 6.75. The molecule has 3 aromatic heterocycles. The van der Waals surface area contributed by atoms with Gasteiger partial charge in [0.15, 0.2) is 0 Å². The highest BCUT2D eigenvalue weighted by Gasteiger charge is 2.21. The van der Waals surface area contributed by atoms with Crippen LogP contribution in [0, 0.1) is 0 Å². The Hall–Kier alpha value is -2.94. The Morgan fingerprint density at radius 3 is 2.73 bits per heavy atom. The molecule has 0 aliphatic rings. The summed E-state index contributed by atoms with van der Waals surface area (Å²) in [4.78, 5) is 19.6. The van der Waals surface area contributed by atoms with Crippen molar-refractivity contribution in [2.24, 2.45) is 0 Å². The molecule has 26 heavy (non-hydrogen) atoms. The van der Waals surface area contributed by atoms with Gasteiger partial charge in [-0.2, -0.15) is 0 Å². The molecule has 1 amide bonds. The van der Waals surface area contributed by atoms with Gasteiger partial charge in [0, 0.05) is 29.5 Å². The molecule has 0 spiro atoms. The number of nitrogens with one attached hydrogen (secondary N) is 1. The van der Waals surface area contributed by atoms with Gasteiger partial charge in [0.05, 0.1) is 24.1 Å². The van der Waals surface area contributed by atoms with Crippen molar-refractivity contribution >= 4 is 32.8 Å². The molecule has 0 aromatic carbocycles. The van der Waals surface area contributed by atoms with Crippen LogP contribution in [0.25, 0.3) is 22.0 Å². The first-order chi connectivity index (χ1) is 12.3. The molecule has 0 saturated heterocycles. The van der Waals surface area contributed by atoms with E-state index in [2.05, 4.69) is 20.0 Å². The van der Waals surface area contributed by atoms with Crippen molar-refractivity contribution in [2.45, 2.75) is 19.1 Å². The molecule has 0 aliphatic carbocycles. The predicted molar refractivity (Wildman–Crippen MR) is 98.4 cm³/mol. The molecule has 0 aliphatic heterocycles. The van der Waals surface area contributed by atoms with Crippen molar-refractivity contribution in [2.75, 3.05) is 12.4 Å². The van der Waals surface area contributed by atoms with Crippen molar-refractivity contribution < 1.29 is 17.9 Å². The number of nitrogens with zero attached hydrogens (tertiary/aromatic N) is 3. The lowest BCUT2D eigenvalue weighted by Crippen LogP contribution is -2.21. The summed E-state index contributed by atoms with van der Waals surface area (Å²) in [7, 11) is -2.23. The summed E-state index contributed by atoms with van der Waals surface area (Å²) in [5.41, 5.74) is 1.97. The zero-order chi connectivity index (χ0) is 18.9. The highest BCUT2D eigenvalue weighted by molar-refractivity contribution is 7.90. The molecule has 1 N–H and O–H groups in total. The molecule has 0 radical (unpaired) electrons. The normalized spacial score (nSPS) is 11.7. The van der Waals surface area contributed by atoms with Crippen LogP contribution >= 0.6 is 0 Å². The van der Waals surface area contributed by atoms with E-state index in [9.17, 15) is 13.2 Å². The molecule has 0 unspecified atom stereocenters. The van der Waals surface area contributed by atoms with Crippen molar-refractivity contribution in [3.05, 3.63) is 43.0 Å². The minimum atomic E-state index is -3.50. The summed E-state index contributed by atoms with van der Waals surface area (Å²) in [6.45, 7) is 3.26. The first kappa shape index (κ1) is 17.9. The Labute approximate surface area is 150 Å². The third kappa shape index (κ3) is 3.13. The second-order valence-corrected chi connectivity index (χ2v) is 8.24. The van der Waals surface area contributed by atoms with Crippen molar-refractivity contribution in [1.29, 1.82) is 0 Å². The van der Waals surface area contributed by atoms with Crippen LogP contribution in [0.4, 0.5) is 10.6 Å². The van der Waals surface area contributed by atoms with E-state index < -0.39 is 21.4 Å². The standard InChI is InChI=1S/C17H18N4O4S/c1-11(2)26(23,24)21-7-5-13-14(9-18-10-15(13)21)12-4-6-19-16(8-12)20-17(22)25-3/h4-11H,1-3H3,(H,19,20,22). The fraction of sp³-hybridized carbons (Fsp3) is 0.235. The topological polar surface area (TPSA) is 103 Å².